The normalized spacial score (nSPS) is 20.2. The van der Waals surface area contributed by atoms with Crippen LogP contribution in [0.5, 0.6) is 0 Å². The molecule has 0 radical (unpaired) electrons. The summed E-state index contributed by atoms with van der Waals surface area (Å²) in [6.07, 6.45) is 4.07. The predicted octanol–water partition coefficient (Wildman–Crippen LogP) is 2.44. The highest BCUT2D eigenvalue weighted by atomic mass is 16.3. The van der Waals surface area contributed by atoms with Crippen LogP contribution in [0.25, 0.3) is 11.6 Å². The summed E-state index contributed by atoms with van der Waals surface area (Å²) >= 11 is 0. The van der Waals surface area contributed by atoms with Crippen molar-refractivity contribution in [2.75, 3.05) is 0 Å². The molecule has 15 heavy (non-hydrogen) atoms. The Morgan fingerprint density at radius 3 is 3.20 bits per heavy atom. The number of aromatic nitrogens is 3. The highest BCUT2D eigenvalue weighted by molar-refractivity contribution is 5.47. The van der Waals surface area contributed by atoms with Crippen LogP contribution in [0.15, 0.2) is 22.8 Å². The van der Waals surface area contributed by atoms with Crippen LogP contribution in [0.2, 0.25) is 0 Å². The number of furan rings is 1. The van der Waals surface area contributed by atoms with Gasteiger partial charge in [-0.15, -0.1) is 10.2 Å². The SMILES string of the molecule is CC1CCCn2c(-c3ccco3)nnc21. The first-order chi connectivity index (χ1) is 7.36. The molecule has 1 aliphatic heterocycles. The Bertz CT molecular complexity index is 458. The van der Waals surface area contributed by atoms with Crippen molar-refractivity contribution in [3.63, 3.8) is 0 Å². The second-order valence-corrected chi connectivity index (χ2v) is 4.05. The molecule has 4 nitrogen and oxygen atoms in total. The number of hydrogen-bond donors (Lipinski definition) is 0. The Kier molecular flexibility index (Phi) is 1.87. The zero-order valence-electron chi connectivity index (χ0n) is 8.68. The van der Waals surface area contributed by atoms with Crippen molar-refractivity contribution in [3.8, 4) is 11.6 Å². The summed E-state index contributed by atoms with van der Waals surface area (Å²) in [7, 11) is 0. The maximum atomic E-state index is 5.36. The molecule has 0 fully saturated rings. The molecule has 78 valence electrons. The molecule has 1 unspecified atom stereocenters. The van der Waals surface area contributed by atoms with Crippen molar-refractivity contribution in [1.29, 1.82) is 0 Å². The average molecular weight is 203 g/mol. The van der Waals surface area contributed by atoms with E-state index in [0.29, 0.717) is 5.92 Å². The van der Waals surface area contributed by atoms with Crippen LogP contribution in [0.4, 0.5) is 0 Å². The minimum absolute atomic E-state index is 0.509. The Labute approximate surface area is 87.9 Å². The van der Waals surface area contributed by atoms with Gasteiger partial charge in [0.15, 0.2) is 11.6 Å². The number of fused-ring (bicyclic) bond motifs is 1. The molecule has 4 heteroatoms. The molecule has 0 saturated heterocycles. The molecule has 3 rings (SSSR count). The summed E-state index contributed by atoms with van der Waals surface area (Å²) in [6, 6.07) is 3.81. The number of nitrogens with zero attached hydrogens (tertiary/aromatic N) is 3. The fourth-order valence-electron chi connectivity index (χ4n) is 2.17. The topological polar surface area (TPSA) is 43.9 Å². The van der Waals surface area contributed by atoms with E-state index in [0.717, 1.165) is 24.0 Å². The molecule has 2 aromatic rings. The van der Waals surface area contributed by atoms with Gasteiger partial charge in [0, 0.05) is 12.5 Å². The van der Waals surface area contributed by atoms with Gasteiger partial charge in [-0.05, 0) is 25.0 Å². The third-order valence-corrected chi connectivity index (χ3v) is 2.98. The summed E-state index contributed by atoms with van der Waals surface area (Å²) < 4.78 is 7.53. The fourth-order valence-corrected chi connectivity index (χ4v) is 2.17. The lowest BCUT2D eigenvalue weighted by Crippen LogP contribution is -2.14. The van der Waals surface area contributed by atoms with E-state index in [1.54, 1.807) is 6.26 Å². The Hall–Kier alpha value is -1.58. The Morgan fingerprint density at radius 2 is 2.40 bits per heavy atom. The molecule has 2 aromatic heterocycles. The van der Waals surface area contributed by atoms with Gasteiger partial charge < -0.3 is 8.98 Å². The standard InChI is InChI=1S/C11H13N3O/c1-8-4-2-6-14-10(8)12-13-11(14)9-5-3-7-15-9/h3,5,7-8H,2,4,6H2,1H3. The summed E-state index contributed by atoms with van der Waals surface area (Å²) in [5.74, 6) is 3.27. The second kappa shape index (κ2) is 3.22. The van der Waals surface area contributed by atoms with E-state index in [4.69, 9.17) is 4.42 Å². The highest BCUT2D eigenvalue weighted by Gasteiger charge is 2.23. The summed E-state index contributed by atoms with van der Waals surface area (Å²) in [4.78, 5) is 0. The minimum atomic E-state index is 0.509. The van der Waals surface area contributed by atoms with Crippen LogP contribution in [0.3, 0.4) is 0 Å². The van der Waals surface area contributed by atoms with Crippen molar-refractivity contribution in [1.82, 2.24) is 14.8 Å². The molecular weight excluding hydrogens is 190 g/mol. The van der Waals surface area contributed by atoms with E-state index in [1.807, 2.05) is 12.1 Å². The predicted molar refractivity (Wildman–Crippen MR) is 55.4 cm³/mol. The third kappa shape index (κ3) is 1.28. The van der Waals surface area contributed by atoms with Gasteiger partial charge >= 0.3 is 0 Å². The number of hydrogen-bond acceptors (Lipinski definition) is 3. The van der Waals surface area contributed by atoms with E-state index >= 15 is 0 Å². The zero-order valence-corrected chi connectivity index (χ0v) is 8.68. The summed E-state index contributed by atoms with van der Waals surface area (Å²) in [5.41, 5.74) is 0. The van der Waals surface area contributed by atoms with Crippen LogP contribution >= 0.6 is 0 Å². The van der Waals surface area contributed by atoms with Gasteiger partial charge in [0.1, 0.15) is 5.82 Å². The van der Waals surface area contributed by atoms with Crippen LogP contribution in [0.1, 0.15) is 31.5 Å². The highest BCUT2D eigenvalue weighted by Crippen LogP contribution is 2.29. The lowest BCUT2D eigenvalue weighted by molar-refractivity contribution is 0.462. The first-order valence-electron chi connectivity index (χ1n) is 5.33. The molecular formula is C11H13N3O. The molecule has 0 amide bonds. The van der Waals surface area contributed by atoms with Crippen molar-refractivity contribution in [2.24, 2.45) is 0 Å². The molecule has 1 aliphatic rings. The van der Waals surface area contributed by atoms with Gasteiger partial charge in [0.2, 0.25) is 0 Å². The number of rotatable bonds is 1. The van der Waals surface area contributed by atoms with Gasteiger partial charge in [-0.25, -0.2) is 0 Å². The second-order valence-electron chi connectivity index (χ2n) is 4.05. The Morgan fingerprint density at radius 1 is 1.47 bits per heavy atom. The van der Waals surface area contributed by atoms with Gasteiger partial charge in [-0.1, -0.05) is 6.92 Å². The lowest BCUT2D eigenvalue weighted by atomic mass is 10.0. The van der Waals surface area contributed by atoms with Crippen LogP contribution in [-0.4, -0.2) is 14.8 Å². The molecule has 0 N–H and O–H groups in total. The molecule has 0 saturated carbocycles. The van der Waals surface area contributed by atoms with Crippen LogP contribution in [-0.2, 0) is 6.54 Å². The van der Waals surface area contributed by atoms with E-state index in [-0.39, 0.29) is 0 Å². The Balaban J connectivity index is 2.11. The van der Waals surface area contributed by atoms with Crippen molar-refractivity contribution in [2.45, 2.75) is 32.2 Å². The van der Waals surface area contributed by atoms with Gasteiger partial charge in [-0.3, -0.25) is 0 Å². The van der Waals surface area contributed by atoms with Gasteiger partial charge in [0.25, 0.3) is 0 Å². The molecule has 3 heterocycles. The molecule has 0 spiro atoms. The quantitative estimate of drug-likeness (QED) is 0.715. The third-order valence-electron chi connectivity index (χ3n) is 2.98. The monoisotopic (exact) mass is 203 g/mol. The maximum Gasteiger partial charge on any atom is 0.199 e. The van der Waals surface area contributed by atoms with Crippen molar-refractivity contribution in [3.05, 3.63) is 24.2 Å². The van der Waals surface area contributed by atoms with Crippen molar-refractivity contribution < 1.29 is 4.42 Å². The van der Waals surface area contributed by atoms with E-state index in [2.05, 4.69) is 21.7 Å². The molecule has 0 aliphatic carbocycles. The summed E-state index contributed by atoms with van der Waals surface area (Å²) in [6.45, 7) is 3.20. The van der Waals surface area contributed by atoms with E-state index < -0.39 is 0 Å². The van der Waals surface area contributed by atoms with Crippen molar-refractivity contribution >= 4 is 0 Å². The first kappa shape index (κ1) is 8.71. The fraction of sp³-hybridized carbons (Fsp3) is 0.455. The largest absolute Gasteiger partial charge is 0.461 e. The minimum Gasteiger partial charge on any atom is -0.461 e. The average Bonchev–Trinajstić information content (AvgIpc) is 2.85. The zero-order chi connectivity index (χ0) is 10.3. The summed E-state index contributed by atoms with van der Waals surface area (Å²) in [5, 5.41) is 8.46. The van der Waals surface area contributed by atoms with Crippen LogP contribution < -0.4 is 0 Å². The first-order valence-corrected chi connectivity index (χ1v) is 5.33. The molecule has 0 bridgehead atoms. The maximum absolute atomic E-state index is 5.36. The smallest absolute Gasteiger partial charge is 0.199 e. The van der Waals surface area contributed by atoms with Gasteiger partial charge in [-0.2, -0.15) is 0 Å². The van der Waals surface area contributed by atoms with E-state index in [9.17, 15) is 0 Å². The molecule has 0 aromatic carbocycles. The molecule has 1 atom stereocenters. The van der Waals surface area contributed by atoms with Crippen LogP contribution in [0, 0.1) is 0 Å². The lowest BCUT2D eigenvalue weighted by Gasteiger charge is -2.19. The van der Waals surface area contributed by atoms with Gasteiger partial charge in [0.05, 0.1) is 6.26 Å². The van der Waals surface area contributed by atoms with E-state index in [1.165, 1.54) is 12.8 Å².